The molecule has 8 nitrogen and oxygen atoms in total. The molecule has 0 aromatic rings. The van der Waals surface area contributed by atoms with Crippen LogP contribution in [0.2, 0.25) is 0 Å². The number of carbonyl (C=O) groups excluding carboxylic acids is 2. The number of amides is 3. The van der Waals surface area contributed by atoms with Crippen LogP contribution >= 0.6 is 0 Å². The Bertz CT molecular complexity index is 384. The molecule has 1 heterocycles. The maximum Gasteiger partial charge on any atom is 0.503 e. The van der Waals surface area contributed by atoms with Gasteiger partial charge in [-0.3, -0.25) is 4.79 Å². The zero-order valence-electron chi connectivity index (χ0n) is 13.0. The quantitative estimate of drug-likeness (QED) is 0.677. The number of carbonyl (C=O) groups is 3. The topological polar surface area (TPSA) is 110 Å². The van der Waals surface area contributed by atoms with E-state index in [1.807, 2.05) is 4.90 Å². The summed E-state index contributed by atoms with van der Waals surface area (Å²) in [7, 11) is 0. The molecule has 22 heavy (non-hydrogen) atoms. The van der Waals surface area contributed by atoms with Crippen molar-refractivity contribution in [1.29, 1.82) is 0 Å². The van der Waals surface area contributed by atoms with Gasteiger partial charge in [-0.25, -0.2) is 9.59 Å². The zero-order valence-corrected chi connectivity index (χ0v) is 13.0. The van der Waals surface area contributed by atoms with E-state index in [-0.39, 0.29) is 11.9 Å². The molecule has 2 rings (SSSR count). The summed E-state index contributed by atoms with van der Waals surface area (Å²) in [5, 5.41) is 17.1. The molecule has 0 bridgehead atoms. The van der Waals surface area contributed by atoms with Crippen LogP contribution in [0.4, 0.5) is 9.59 Å². The summed E-state index contributed by atoms with van der Waals surface area (Å²) < 4.78 is 0. The molecule has 2 fully saturated rings. The number of hydrogen-bond acceptors (Lipinski definition) is 3. The second-order valence-electron chi connectivity index (χ2n) is 5.56. The SMILES string of the molecule is CC(=O)N1CCN(C(=O)NC2CCCCC2)CC1.O=C(O)O. The first-order chi connectivity index (χ1) is 10.4. The fourth-order valence-corrected chi connectivity index (χ4v) is 2.74. The summed E-state index contributed by atoms with van der Waals surface area (Å²) in [6.07, 6.45) is 4.13. The van der Waals surface area contributed by atoms with Crippen LogP contribution in [-0.2, 0) is 4.79 Å². The zero-order chi connectivity index (χ0) is 16.5. The van der Waals surface area contributed by atoms with Gasteiger partial charge in [0.25, 0.3) is 0 Å². The van der Waals surface area contributed by atoms with Crippen molar-refractivity contribution in [2.75, 3.05) is 26.2 Å². The molecule has 1 aliphatic carbocycles. The molecular formula is C14H25N3O5. The maximum absolute atomic E-state index is 12.1. The lowest BCUT2D eigenvalue weighted by Crippen LogP contribution is -2.54. The van der Waals surface area contributed by atoms with E-state index in [1.54, 1.807) is 11.8 Å². The van der Waals surface area contributed by atoms with Crippen LogP contribution < -0.4 is 5.32 Å². The molecule has 0 aromatic heterocycles. The average molecular weight is 315 g/mol. The van der Waals surface area contributed by atoms with E-state index in [0.717, 1.165) is 12.8 Å². The highest BCUT2D eigenvalue weighted by Gasteiger charge is 2.24. The maximum atomic E-state index is 12.1. The van der Waals surface area contributed by atoms with E-state index in [1.165, 1.54) is 19.3 Å². The highest BCUT2D eigenvalue weighted by molar-refractivity contribution is 5.76. The minimum absolute atomic E-state index is 0.0464. The molecule has 1 saturated carbocycles. The summed E-state index contributed by atoms with van der Waals surface area (Å²) in [6, 6.07) is 0.405. The molecule has 0 radical (unpaired) electrons. The van der Waals surface area contributed by atoms with Crippen molar-refractivity contribution in [3.8, 4) is 0 Å². The first-order valence-electron chi connectivity index (χ1n) is 7.63. The van der Waals surface area contributed by atoms with Gasteiger partial charge in [-0.1, -0.05) is 19.3 Å². The van der Waals surface area contributed by atoms with Crippen LogP contribution in [-0.4, -0.2) is 70.3 Å². The highest BCUT2D eigenvalue weighted by Crippen LogP contribution is 2.17. The molecule has 1 saturated heterocycles. The number of carboxylic acid groups (broad SMARTS) is 2. The third-order valence-electron chi connectivity index (χ3n) is 3.94. The minimum Gasteiger partial charge on any atom is -0.450 e. The van der Waals surface area contributed by atoms with E-state index < -0.39 is 6.16 Å². The second kappa shape index (κ2) is 9.11. The Labute approximate surface area is 130 Å². The third-order valence-corrected chi connectivity index (χ3v) is 3.94. The average Bonchev–Trinajstić information content (AvgIpc) is 2.48. The van der Waals surface area contributed by atoms with Crippen LogP contribution in [0.5, 0.6) is 0 Å². The summed E-state index contributed by atoms with van der Waals surface area (Å²) in [6.45, 7) is 4.20. The first kappa shape index (κ1) is 18.1. The Morgan fingerprint density at radius 2 is 1.36 bits per heavy atom. The molecule has 3 amide bonds. The van der Waals surface area contributed by atoms with E-state index >= 15 is 0 Å². The van der Waals surface area contributed by atoms with E-state index in [0.29, 0.717) is 32.2 Å². The minimum atomic E-state index is -1.83. The molecule has 0 atom stereocenters. The van der Waals surface area contributed by atoms with Gasteiger partial charge in [0.15, 0.2) is 0 Å². The van der Waals surface area contributed by atoms with Gasteiger partial charge in [0.1, 0.15) is 0 Å². The molecule has 0 spiro atoms. The number of nitrogens with zero attached hydrogens (tertiary/aromatic N) is 2. The number of piperazine rings is 1. The molecule has 1 aliphatic heterocycles. The molecular weight excluding hydrogens is 290 g/mol. The lowest BCUT2D eigenvalue weighted by molar-refractivity contribution is -0.130. The molecule has 2 aliphatic rings. The summed E-state index contributed by atoms with van der Waals surface area (Å²) in [4.78, 5) is 35.4. The lowest BCUT2D eigenvalue weighted by atomic mass is 9.96. The normalized spacial score (nSPS) is 19.0. The second-order valence-corrected chi connectivity index (χ2v) is 5.56. The van der Waals surface area contributed by atoms with Gasteiger partial charge in [0.2, 0.25) is 5.91 Å². The van der Waals surface area contributed by atoms with Gasteiger partial charge >= 0.3 is 12.2 Å². The van der Waals surface area contributed by atoms with Crippen LogP contribution in [0.15, 0.2) is 0 Å². The van der Waals surface area contributed by atoms with Crippen molar-refractivity contribution in [1.82, 2.24) is 15.1 Å². The summed E-state index contributed by atoms with van der Waals surface area (Å²) in [5.74, 6) is 0.0994. The van der Waals surface area contributed by atoms with Gasteiger partial charge < -0.3 is 25.3 Å². The highest BCUT2D eigenvalue weighted by atomic mass is 16.6. The number of rotatable bonds is 1. The smallest absolute Gasteiger partial charge is 0.450 e. The lowest BCUT2D eigenvalue weighted by Gasteiger charge is -2.35. The van der Waals surface area contributed by atoms with Crippen molar-refractivity contribution in [2.45, 2.75) is 45.1 Å². The number of hydrogen-bond donors (Lipinski definition) is 3. The van der Waals surface area contributed by atoms with Gasteiger partial charge in [-0.15, -0.1) is 0 Å². The molecule has 8 heteroatoms. The van der Waals surface area contributed by atoms with Crippen LogP contribution in [0.25, 0.3) is 0 Å². The van der Waals surface area contributed by atoms with Crippen molar-refractivity contribution < 1.29 is 24.6 Å². The Morgan fingerprint density at radius 3 is 1.82 bits per heavy atom. The third kappa shape index (κ3) is 6.64. The van der Waals surface area contributed by atoms with E-state index in [4.69, 9.17) is 15.0 Å². The number of urea groups is 1. The van der Waals surface area contributed by atoms with Crippen molar-refractivity contribution >= 4 is 18.1 Å². The summed E-state index contributed by atoms with van der Waals surface area (Å²) >= 11 is 0. The Hall–Kier alpha value is -1.99. The van der Waals surface area contributed by atoms with Crippen LogP contribution in [0.1, 0.15) is 39.0 Å². The van der Waals surface area contributed by atoms with E-state index in [2.05, 4.69) is 5.32 Å². The summed E-state index contributed by atoms with van der Waals surface area (Å²) in [5.41, 5.74) is 0. The number of nitrogens with one attached hydrogen (secondary N) is 1. The Balaban J connectivity index is 0.000000541. The predicted octanol–water partition coefficient (Wildman–Crippen LogP) is 1.42. The van der Waals surface area contributed by atoms with Gasteiger partial charge in [0, 0.05) is 39.1 Å². The van der Waals surface area contributed by atoms with Gasteiger partial charge in [-0.05, 0) is 12.8 Å². The van der Waals surface area contributed by atoms with Gasteiger partial charge in [0.05, 0.1) is 0 Å². The largest absolute Gasteiger partial charge is 0.503 e. The fourth-order valence-electron chi connectivity index (χ4n) is 2.74. The Kier molecular flexibility index (Phi) is 7.48. The van der Waals surface area contributed by atoms with Gasteiger partial charge in [-0.2, -0.15) is 0 Å². The monoisotopic (exact) mass is 315 g/mol. The van der Waals surface area contributed by atoms with Crippen LogP contribution in [0.3, 0.4) is 0 Å². The Morgan fingerprint density at radius 1 is 0.909 bits per heavy atom. The molecule has 0 aromatic carbocycles. The predicted molar refractivity (Wildman–Crippen MR) is 79.9 cm³/mol. The molecule has 0 unspecified atom stereocenters. The van der Waals surface area contributed by atoms with Crippen molar-refractivity contribution in [3.05, 3.63) is 0 Å². The standard InChI is InChI=1S/C13H23N3O2.CH2O3/c1-11(17)15-7-9-16(10-8-15)13(18)14-12-5-3-2-4-6-12;2-1(3)4/h12H,2-10H2,1H3,(H,14,18);(H2,2,3,4). The molecule has 3 N–H and O–H groups in total. The first-order valence-corrected chi connectivity index (χ1v) is 7.63. The fraction of sp³-hybridized carbons (Fsp3) is 0.786. The van der Waals surface area contributed by atoms with Crippen molar-refractivity contribution in [2.24, 2.45) is 0 Å². The van der Waals surface area contributed by atoms with E-state index in [9.17, 15) is 9.59 Å². The van der Waals surface area contributed by atoms with Crippen LogP contribution in [0, 0.1) is 0 Å². The molecule has 126 valence electrons. The van der Waals surface area contributed by atoms with Crippen molar-refractivity contribution in [3.63, 3.8) is 0 Å².